The highest BCUT2D eigenvalue weighted by molar-refractivity contribution is 6.30. The fourth-order valence-corrected chi connectivity index (χ4v) is 2.53. The van der Waals surface area contributed by atoms with E-state index in [2.05, 4.69) is 16.0 Å². The molecule has 0 amide bonds. The third-order valence-corrected chi connectivity index (χ3v) is 3.49. The standard InChI is InChI=1S/C12H20ClN3/c13-12-10(8-11(15-12)4-5-14)9-16-6-2-1-3-7-16/h8,15H,1-7,9,14H2. The number of hydrogen-bond acceptors (Lipinski definition) is 2. The van der Waals surface area contributed by atoms with E-state index in [1.807, 2.05) is 0 Å². The summed E-state index contributed by atoms with van der Waals surface area (Å²) >= 11 is 6.18. The van der Waals surface area contributed by atoms with Crippen LogP contribution in [0.25, 0.3) is 0 Å². The van der Waals surface area contributed by atoms with Gasteiger partial charge in [0.1, 0.15) is 5.15 Å². The zero-order valence-corrected chi connectivity index (χ0v) is 10.4. The highest BCUT2D eigenvalue weighted by Crippen LogP contribution is 2.20. The van der Waals surface area contributed by atoms with Gasteiger partial charge in [-0.15, -0.1) is 0 Å². The molecule has 1 aliphatic rings. The van der Waals surface area contributed by atoms with Crippen LogP contribution in [0.2, 0.25) is 5.15 Å². The highest BCUT2D eigenvalue weighted by Gasteiger charge is 2.13. The smallest absolute Gasteiger partial charge is 0.111 e. The number of aromatic amines is 1. The van der Waals surface area contributed by atoms with Crippen molar-refractivity contribution in [2.75, 3.05) is 19.6 Å². The topological polar surface area (TPSA) is 45.0 Å². The number of nitrogens with one attached hydrogen (secondary N) is 1. The molecule has 0 unspecified atom stereocenters. The summed E-state index contributed by atoms with van der Waals surface area (Å²) in [4.78, 5) is 5.67. The quantitative estimate of drug-likeness (QED) is 0.849. The molecule has 90 valence electrons. The van der Waals surface area contributed by atoms with E-state index in [1.165, 1.54) is 37.9 Å². The Kier molecular flexibility index (Phi) is 4.27. The van der Waals surface area contributed by atoms with Crippen LogP contribution in [0.15, 0.2) is 6.07 Å². The lowest BCUT2D eigenvalue weighted by Crippen LogP contribution is -2.29. The van der Waals surface area contributed by atoms with Crippen LogP contribution in [0.1, 0.15) is 30.5 Å². The number of hydrogen-bond donors (Lipinski definition) is 2. The molecule has 2 heterocycles. The summed E-state index contributed by atoms with van der Waals surface area (Å²) in [5, 5.41) is 0.786. The van der Waals surface area contributed by atoms with Crippen LogP contribution < -0.4 is 5.73 Å². The van der Waals surface area contributed by atoms with Crippen molar-refractivity contribution < 1.29 is 0 Å². The first-order valence-corrected chi connectivity index (χ1v) is 6.46. The van der Waals surface area contributed by atoms with Crippen molar-refractivity contribution in [3.63, 3.8) is 0 Å². The second-order valence-electron chi connectivity index (χ2n) is 4.51. The molecule has 3 nitrogen and oxygen atoms in total. The minimum absolute atomic E-state index is 0.667. The SMILES string of the molecule is NCCc1cc(CN2CCCCC2)c(Cl)[nH]1. The molecule has 1 saturated heterocycles. The molecule has 0 aromatic carbocycles. The van der Waals surface area contributed by atoms with Crippen LogP contribution in [-0.4, -0.2) is 29.5 Å². The van der Waals surface area contributed by atoms with Crippen molar-refractivity contribution >= 4 is 11.6 Å². The van der Waals surface area contributed by atoms with E-state index in [0.717, 1.165) is 23.8 Å². The Morgan fingerprint density at radius 3 is 2.75 bits per heavy atom. The van der Waals surface area contributed by atoms with Gasteiger partial charge in [0.2, 0.25) is 0 Å². The molecule has 3 N–H and O–H groups in total. The summed E-state index contributed by atoms with van der Waals surface area (Å²) in [5.74, 6) is 0. The van der Waals surface area contributed by atoms with Gasteiger partial charge in [0.05, 0.1) is 0 Å². The Hall–Kier alpha value is -0.510. The van der Waals surface area contributed by atoms with E-state index in [0.29, 0.717) is 6.54 Å². The van der Waals surface area contributed by atoms with E-state index in [4.69, 9.17) is 17.3 Å². The Morgan fingerprint density at radius 1 is 1.31 bits per heavy atom. The first-order valence-electron chi connectivity index (χ1n) is 6.08. The van der Waals surface area contributed by atoms with Gasteiger partial charge < -0.3 is 10.7 Å². The van der Waals surface area contributed by atoms with Crippen molar-refractivity contribution in [2.24, 2.45) is 5.73 Å². The van der Waals surface area contributed by atoms with Crippen molar-refractivity contribution in [2.45, 2.75) is 32.2 Å². The molecule has 0 radical (unpaired) electrons. The summed E-state index contributed by atoms with van der Waals surface area (Å²) in [5.41, 5.74) is 7.90. The van der Waals surface area contributed by atoms with Gasteiger partial charge in [-0.2, -0.15) is 0 Å². The van der Waals surface area contributed by atoms with Gasteiger partial charge in [-0.1, -0.05) is 18.0 Å². The lowest BCUT2D eigenvalue weighted by molar-refractivity contribution is 0.221. The van der Waals surface area contributed by atoms with E-state index < -0.39 is 0 Å². The van der Waals surface area contributed by atoms with E-state index in [-0.39, 0.29) is 0 Å². The average molecular weight is 242 g/mol. The number of halogens is 1. The summed E-state index contributed by atoms with van der Waals surface area (Å²) in [6, 6.07) is 2.16. The molecule has 1 aliphatic heterocycles. The van der Waals surface area contributed by atoms with Crippen LogP contribution in [0.3, 0.4) is 0 Å². The van der Waals surface area contributed by atoms with Gasteiger partial charge in [-0.3, -0.25) is 4.90 Å². The van der Waals surface area contributed by atoms with Gasteiger partial charge in [0, 0.05) is 17.8 Å². The third kappa shape index (κ3) is 3.00. The fraction of sp³-hybridized carbons (Fsp3) is 0.667. The van der Waals surface area contributed by atoms with Gasteiger partial charge >= 0.3 is 0 Å². The Bertz CT molecular complexity index is 329. The zero-order valence-electron chi connectivity index (χ0n) is 9.64. The maximum atomic E-state index is 6.18. The fourth-order valence-electron chi connectivity index (χ4n) is 2.29. The van der Waals surface area contributed by atoms with E-state index in [1.54, 1.807) is 0 Å². The minimum Gasteiger partial charge on any atom is -0.349 e. The largest absolute Gasteiger partial charge is 0.349 e. The van der Waals surface area contributed by atoms with Crippen molar-refractivity contribution in [1.82, 2.24) is 9.88 Å². The third-order valence-electron chi connectivity index (χ3n) is 3.16. The predicted molar refractivity (Wildman–Crippen MR) is 67.7 cm³/mol. The first kappa shape index (κ1) is 12.0. The molecule has 0 bridgehead atoms. The maximum Gasteiger partial charge on any atom is 0.111 e. The van der Waals surface area contributed by atoms with Gasteiger partial charge in [-0.05, 0) is 45.0 Å². The number of nitrogens with zero attached hydrogens (tertiary/aromatic N) is 1. The number of nitrogens with two attached hydrogens (primary N) is 1. The summed E-state index contributed by atoms with van der Waals surface area (Å²) in [6.45, 7) is 4.04. The average Bonchev–Trinajstić information content (AvgIpc) is 2.61. The molecule has 0 saturated carbocycles. The lowest BCUT2D eigenvalue weighted by Gasteiger charge is -2.26. The number of likely N-dealkylation sites (tertiary alicyclic amines) is 1. The number of piperidine rings is 1. The molecule has 2 rings (SSSR count). The normalized spacial score (nSPS) is 17.9. The molecule has 1 fully saturated rings. The van der Waals surface area contributed by atoms with E-state index in [9.17, 15) is 0 Å². The van der Waals surface area contributed by atoms with Gasteiger partial charge in [0.25, 0.3) is 0 Å². The molecular weight excluding hydrogens is 222 g/mol. The van der Waals surface area contributed by atoms with Gasteiger partial charge in [0.15, 0.2) is 0 Å². The number of rotatable bonds is 4. The first-order chi connectivity index (χ1) is 7.79. The molecule has 1 aromatic heterocycles. The molecule has 0 aliphatic carbocycles. The molecule has 0 atom stereocenters. The molecule has 16 heavy (non-hydrogen) atoms. The lowest BCUT2D eigenvalue weighted by atomic mass is 10.1. The highest BCUT2D eigenvalue weighted by atomic mass is 35.5. The summed E-state index contributed by atoms with van der Waals surface area (Å²) < 4.78 is 0. The van der Waals surface area contributed by atoms with Crippen LogP contribution >= 0.6 is 11.6 Å². The Balaban J connectivity index is 1.96. The van der Waals surface area contributed by atoms with Crippen molar-refractivity contribution in [1.29, 1.82) is 0 Å². The van der Waals surface area contributed by atoms with Crippen LogP contribution in [-0.2, 0) is 13.0 Å². The maximum absolute atomic E-state index is 6.18. The van der Waals surface area contributed by atoms with Crippen LogP contribution in [0, 0.1) is 0 Å². The van der Waals surface area contributed by atoms with Crippen LogP contribution in [0.4, 0.5) is 0 Å². The second kappa shape index (κ2) is 5.71. The zero-order chi connectivity index (χ0) is 11.4. The summed E-state index contributed by atoms with van der Waals surface area (Å²) in [7, 11) is 0. The van der Waals surface area contributed by atoms with Crippen LogP contribution in [0.5, 0.6) is 0 Å². The monoisotopic (exact) mass is 241 g/mol. The molecular formula is C12H20ClN3. The van der Waals surface area contributed by atoms with Gasteiger partial charge in [-0.25, -0.2) is 0 Å². The van der Waals surface area contributed by atoms with Crippen molar-refractivity contribution in [3.05, 3.63) is 22.5 Å². The summed E-state index contributed by atoms with van der Waals surface area (Å²) in [6.07, 6.45) is 4.88. The Labute approximate surface area is 102 Å². The second-order valence-corrected chi connectivity index (χ2v) is 4.89. The number of aromatic nitrogens is 1. The van der Waals surface area contributed by atoms with E-state index >= 15 is 0 Å². The molecule has 0 spiro atoms. The predicted octanol–water partition coefficient (Wildman–Crippen LogP) is 2.16. The Morgan fingerprint density at radius 2 is 2.06 bits per heavy atom. The molecule has 4 heteroatoms. The number of H-pyrrole nitrogens is 1. The van der Waals surface area contributed by atoms with Crippen molar-refractivity contribution in [3.8, 4) is 0 Å². The minimum atomic E-state index is 0.667. The molecule has 1 aromatic rings.